The number of thiocyanates is 1. The summed E-state index contributed by atoms with van der Waals surface area (Å²) in [5.74, 6) is 4.14. The first-order chi connectivity index (χ1) is 11.0. The van der Waals surface area contributed by atoms with E-state index < -0.39 is 11.6 Å². The third-order valence-electron chi connectivity index (χ3n) is 3.10. The van der Waals surface area contributed by atoms with Crippen molar-refractivity contribution in [3.05, 3.63) is 70.3 Å². The van der Waals surface area contributed by atoms with E-state index >= 15 is 0 Å². The fraction of sp³-hybridized carbons (Fsp3) is 0.105. The number of aryl methyl sites for hydroxylation is 1. The van der Waals surface area contributed by atoms with Crippen LogP contribution in [-0.2, 0) is 0 Å². The van der Waals surface area contributed by atoms with Crippen LogP contribution >= 0.6 is 11.8 Å². The summed E-state index contributed by atoms with van der Waals surface area (Å²) in [5.41, 5.74) is 3.10. The van der Waals surface area contributed by atoms with Gasteiger partial charge in [0.2, 0.25) is 0 Å². The average molecular weight is 325 g/mol. The van der Waals surface area contributed by atoms with Gasteiger partial charge in [-0.05, 0) is 54.9 Å². The summed E-state index contributed by atoms with van der Waals surface area (Å²) < 4.78 is 27.5. The van der Waals surface area contributed by atoms with E-state index in [0.717, 1.165) is 28.8 Å². The number of nitrogens with zero attached hydrogens (tertiary/aromatic N) is 1. The van der Waals surface area contributed by atoms with E-state index in [4.69, 9.17) is 5.26 Å². The lowest BCUT2D eigenvalue weighted by Gasteiger charge is -2.01. The van der Waals surface area contributed by atoms with Crippen LogP contribution in [0.5, 0.6) is 0 Å². The van der Waals surface area contributed by atoms with Crippen LogP contribution in [0.3, 0.4) is 0 Å². The van der Waals surface area contributed by atoms with Crippen LogP contribution in [0, 0.1) is 41.1 Å². The molecule has 0 amide bonds. The maximum atomic E-state index is 13.8. The molecule has 0 saturated carbocycles. The molecular formula is C19H13F2NS. The predicted octanol–water partition coefficient (Wildman–Crippen LogP) is 5.28. The lowest BCUT2D eigenvalue weighted by atomic mass is 10.0. The number of nitriles is 1. The molecule has 2 rings (SSSR count). The number of hydrogen-bond acceptors (Lipinski definition) is 2. The summed E-state index contributed by atoms with van der Waals surface area (Å²) >= 11 is 0.461. The van der Waals surface area contributed by atoms with Gasteiger partial charge in [-0.3, -0.25) is 0 Å². The highest BCUT2D eigenvalue weighted by molar-refractivity contribution is 8.03. The van der Waals surface area contributed by atoms with Crippen molar-refractivity contribution in [1.82, 2.24) is 0 Å². The van der Waals surface area contributed by atoms with Crippen molar-refractivity contribution in [1.29, 1.82) is 5.26 Å². The van der Waals surface area contributed by atoms with Crippen molar-refractivity contribution in [2.45, 2.75) is 18.7 Å². The molecule has 2 aromatic rings. The maximum Gasteiger partial charge on any atom is 0.142 e. The molecule has 4 heteroatoms. The van der Waals surface area contributed by atoms with Crippen molar-refractivity contribution in [2.75, 3.05) is 0 Å². The summed E-state index contributed by atoms with van der Waals surface area (Å²) in [7, 11) is 0. The minimum absolute atomic E-state index is 0.235. The third kappa shape index (κ3) is 4.22. The molecule has 114 valence electrons. The molecule has 0 heterocycles. The Morgan fingerprint density at radius 3 is 2.35 bits per heavy atom. The fourth-order valence-corrected chi connectivity index (χ4v) is 2.44. The van der Waals surface area contributed by atoms with Crippen molar-refractivity contribution < 1.29 is 8.78 Å². The molecule has 1 nitrogen and oxygen atoms in total. The van der Waals surface area contributed by atoms with Gasteiger partial charge in [0.1, 0.15) is 17.0 Å². The van der Waals surface area contributed by atoms with Crippen LogP contribution in [0.1, 0.15) is 29.2 Å². The zero-order valence-electron chi connectivity index (χ0n) is 12.7. The summed E-state index contributed by atoms with van der Waals surface area (Å²) in [4.78, 5) is -0.301. The van der Waals surface area contributed by atoms with Gasteiger partial charge in [-0.1, -0.05) is 36.1 Å². The third-order valence-corrected chi connectivity index (χ3v) is 3.78. The molecule has 0 bridgehead atoms. The summed E-state index contributed by atoms with van der Waals surface area (Å²) in [6.07, 6.45) is 3.94. The molecule has 0 saturated heterocycles. The first-order valence-corrected chi connectivity index (χ1v) is 7.67. The van der Waals surface area contributed by atoms with Crippen LogP contribution in [0.15, 0.2) is 41.3 Å². The Hall–Kier alpha value is -2.56. The smallest absolute Gasteiger partial charge is 0.142 e. The normalized spacial score (nSPS) is 10.2. The second kappa shape index (κ2) is 7.63. The van der Waals surface area contributed by atoms with E-state index in [1.165, 1.54) is 0 Å². The van der Waals surface area contributed by atoms with Crippen LogP contribution in [0.2, 0.25) is 0 Å². The van der Waals surface area contributed by atoms with Gasteiger partial charge in [0, 0.05) is 11.1 Å². The van der Waals surface area contributed by atoms with Gasteiger partial charge in [0.05, 0.1) is 4.90 Å². The molecule has 0 radical (unpaired) electrons. The molecule has 0 aliphatic carbocycles. The van der Waals surface area contributed by atoms with Crippen molar-refractivity contribution in [3.8, 4) is 17.2 Å². The zero-order valence-corrected chi connectivity index (χ0v) is 13.5. The van der Waals surface area contributed by atoms with E-state index in [1.54, 1.807) is 5.40 Å². The molecule has 0 spiro atoms. The SMILES string of the molecule is C/C=C/c1ccc(C#Cc2cc(F)c(SC#N)c(F)c2)c(C)c1. The van der Waals surface area contributed by atoms with Crippen LogP contribution < -0.4 is 0 Å². The minimum Gasteiger partial charge on any atom is -0.206 e. The second-order valence-electron chi connectivity index (χ2n) is 4.79. The molecule has 23 heavy (non-hydrogen) atoms. The highest BCUT2D eigenvalue weighted by atomic mass is 32.2. The van der Waals surface area contributed by atoms with E-state index in [2.05, 4.69) is 11.8 Å². The van der Waals surface area contributed by atoms with E-state index in [1.807, 2.05) is 44.2 Å². The number of allylic oxidation sites excluding steroid dienone is 1. The first kappa shape index (κ1) is 16.8. The predicted molar refractivity (Wildman–Crippen MR) is 89.7 cm³/mol. The number of benzene rings is 2. The van der Waals surface area contributed by atoms with Gasteiger partial charge in [-0.15, -0.1) is 0 Å². The van der Waals surface area contributed by atoms with E-state index in [-0.39, 0.29) is 10.5 Å². The molecule has 0 aliphatic heterocycles. The summed E-state index contributed by atoms with van der Waals surface area (Å²) in [5, 5.41) is 10.2. The molecule has 0 N–H and O–H groups in total. The Bertz CT molecular complexity index is 844. The number of rotatable bonds is 2. The maximum absolute atomic E-state index is 13.8. The molecule has 2 aromatic carbocycles. The quantitative estimate of drug-likeness (QED) is 0.426. The lowest BCUT2D eigenvalue weighted by Crippen LogP contribution is -1.90. The van der Waals surface area contributed by atoms with Gasteiger partial charge in [-0.25, -0.2) is 8.78 Å². The van der Waals surface area contributed by atoms with Crippen LogP contribution in [-0.4, -0.2) is 0 Å². The Balaban J connectivity index is 2.34. The van der Waals surface area contributed by atoms with Gasteiger partial charge in [0.15, 0.2) is 0 Å². The Kier molecular flexibility index (Phi) is 5.57. The molecule has 0 fully saturated rings. The Morgan fingerprint density at radius 2 is 1.78 bits per heavy atom. The van der Waals surface area contributed by atoms with Gasteiger partial charge in [-0.2, -0.15) is 5.26 Å². The fourth-order valence-electron chi connectivity index (χ4n) is 2.04. The highest BCUT2D eigenvalue weighted by Crippen LogP contribution is 2.25. The molecule has 0 unspecified atom stereocenters. The first-order valence-electron chi connectivity index (χ1n) is 6.85. The molecule has 0 aromatic heterocycles. The van der Waals surface area contributed by atoms with Gasteiger partial charge < -0.3 is 0 Å². The average Bonchev–Trinajstić information content (AvgIpc) is 2.50. The lowest BCUT2D eigenvalue weighted by molar-refractivity contribution is 0.540. The zero-order chi connectivity index (χ0) is 16.8. The largest absolute Gasteiger partial charge is 0.206 e. The van der Waals surface area contributed by atoms with E-state index in [0.29, 0.717) is 11.8 Å². The topological polar surface area (TPSA) is 23.8 Å². The minimum atomic E-state index is -0.777. The highest BCUT2D eigenvalue weighted by Gasteiger charge is 2.11. The van der Waals surface area contributed by atoms with Crippen molar-refractivity contribution in [2.24, 2.45) is 0 Å². The van der Waals surface area contributed by atoms with Gasteiger partial charge >= 0.3 is 0 Å². The Labute approximate surface area is 138 Å². The molecule has 0 aliphatic rings. The summed E-state index contributed by atoms with van der Waals surface area (Å²) in [6.45, 7) is 3.88. The molecule has 0 atom stereocenters. The van der Waals surface area contributed by atoms with Gasteiger partial charge in [0.25, 0.3) is 0 Å². The van der Waals surface area contributed by atoms with E-state index in [9.17, 15) is 8.78 Å². The summed E-state index contributed by atoms with van der Waals surface area (Å²) in [6, 6.07) is 8.09. The number of thioether (sulfide) groups is 1. The number of hydrogen-bond donors (Lipinski definition) is 0. The monoisotopic (exact) mass is 325 g/mol. The Morgan fingerprint density at radius 1 is 1.09 bits per heavy atom. The van der Waals surface area contributed by atoms with Crippen molar-refractivity contribution in [3.63, 3.8) is 0 Å². The van der Waals surface area contributed by atoms with Crippen molar-refractivity contribution >= 4 is 17.8 Å². The second-order valence-corrected chi connectivity index (χ2v) is 5.58. The van der Waals surface area contributed by atoms with Crippen LogP contribution in [0.25, 0.3) is 6.08 Å². The molecular weight excluding hydrogens is 312 g/mol. The number of halogens is 2. The standard InChI is InChI=1S/C19H13F2NS/c1-3-4-14-5-7-16(13(2)9-14)8-6-15-10-17(20)19(23-12-22)18(21)11-15/h3-5,7,9-11H,1-2H3/b4-3+. The van der Waals surface area contributed by atoms with Crippen LogP contribution in [0.4, 0.5) is 8.78 Å².